The third kappa shape index (κ3) is 2.94. The Bertz CT molecular complexity index is 706. The highest BCUT2D eigenvalue weighted by Gasteiger charge is 2.25. The summed E-state index contributed by atoms with van der Waals surface area (Å²) in [6, 6.07) is 15.0. The molecule has 4 heteroatoms. The molecule has 100 valence electrons. The Morgan fingerprint density at radius 1 is 1.25 bits per heavy atom. The average Bonchev–Trinajstić information content (AvgIpc) is 2.44. The number of Topliss-reactive ketones (excluding diaryl/α,β-unsaturated/α-hetero) is 1. The zero-order valence-electron chi connectivity index (χ0n) is 10.7. The summed E-state index contributed by atoms with van der Waals surface area (Å²) in [4.78, 5) is 12.7. The first-order chi connectivity index (χ1) is 9.56. The molecule has 2 rings (SSSR count). The maximum Gasteiger partial charge on any atom is 0.185 e. The zero-order chi connectivity index (χ0) is 14.7. The van der Waals surface area contributed by atoms with Gasteiger partial charge in [-0.15, -0.1) is 0 Å². The molecule has 0 fully saturated rings. The lowest BCUT2D eigenvalue weighted by Gasteiger charge is -2.12. The third-order valence-electron chi connectivity index (χ3n) is 3.06. The number of rotatable bonds is 3. The summed E-state index contributed by atoms with van der Waals surface area (Å²) in [5.74, 6) is -0.951. The van der Waals surface area contributed by atoms with E-state index < -0.39 is 5.92 Å². The summed E-state index contributed by atoms with van der Waals surface area (Å²) in [6.45, 7) is 1.96. The van der Waals surface area contributed by atoms with Gasteiger partial charge in [-0.25, -0.2) is 0 Å². The molecule has 0 amide bonds. The van der Waals surface area contributed by atoms with Gasteiger partial charge in [-0.3, -0.25) is 4.79 Å². The van der Waals surface area contributed by atoms with E-state index in [-0.39, 0.29) is 5.78 Å². The van der Waals surface area contributed by atoms with Crippen LogP contribution in [-0.2, 0) is 0 Å². The van der Waals surface area contributed by atoms with Crippen LogP contribution in [-0.4, -0.2) is 5.78 Å². The SMILES string of the molecule is Cc1cccc(C(=O)C(C#N)c2ccccc2Br)c1I. The molecule has 0 N–H and O–H groups in total. The van der Waals surface area contributed by atoms with Crippen LogP contribution in [0.1, 0.15) is 27.4 Å². The highest BCUT2D eigenvalue weighted by Crippen LogP contribution is 2.29. The van der Waals surface area contributed by atoms with Gasteiger partial charge in [0.25, 0.3) is 0 Å². The lowest BCUT2D eigenvalue weighted by atomic mass is 9.91. The van der Waals surface area contributed by atoms with Crippen molar-refractivity contribution in [3.05, 3.63) is 67.2 Å². The van der Waals surface area contributed by atoms with Gasteiger partial charge in [0.1, 0.15) is 5.92 Å². The van der Waals surface area contributed by atoms with Gasteiger partial charge >= 0.3 is 0 Å². The molecular formula is C16H11BrINO. The van der Waals surface area contributed by atoms with Gasteiger partial charge in [-0.05, 0) is 46.7 Å². The van der Waals surface area contributed by atoms with E-state index in [4.69, 9.17) is 0 Å². The average molecular weight is 440 g/mol. The first-order valence-electron chi connectivity index (χ1n) is 5.99. The Balaban J connectivity index is 2.49. The second-order valence-corrected chi connectivity index (χ2v) is 6.32. The van der Waals surface area contributed by atoms with Gasteiger partial charge in [-0.1, -0.05) is 52.3 Å². The van der Waals surface area contributed by atoms with Gasteiger partial charge in [0.2, 0.25) is 0 Å². The van der Waals surface area contributed by atoms with Crippen LogP contribution in [0.25, 0.3) is 0 Å². The quantitative estimate of drug-likeness (QED) is 0.506. The molecule has 2 nitrogen and oxygen atoms in total. The minimum Gasteiger partial charge on any atom is -0.292 e. The minimum atomic E-state index is -0.791. The van der Waals surface area contributed by atoms with Crippen LogP contribution in [0.4, 0.5) is 0 Å². The molecule has 0 spiro atoms. The minimum absolute atomic E-state index is 0.160. The number of halogens is 2. The number of nitriles is 1. The predicted octanol–water partition coefficient (Wildman–Crippen LogP) is 4.85. The van der Waals surface area contributed by atoms with E-state index in [1.54, 1.807) is 12.1 Å². The Morgan fingerprint density at radius 3 is 2.60 bits per heavy atom. The van der Waals surface area contributed by atoms with Crippen LogP contribution < -0.4 is 0 Å². The molecule has 0 bridgehead atoms. The van der Waals surface area contributed by atoms with Crippen molar-refractivity contribution >= 4 is 44.3 Å². The first kappa shape index (κ1) is 15.2. The molecule has 1 unspecified atom stereocenters. The van der Waals surface area contributed by atoms with Crippen molar-refractivity contribution in [2.24, 2.45) is 0 Å². The number of ketones is 1. The van der Waals surface area contributed by atoms with Gasteiger partial charge in [-0.2, -0.15) is 5.26 Å². The topological polar surface area (TPSA) is 40.9 Å². The highest BCUT2D eigenvalue weighted by molar-refractivity contribution is 14.1. The van der Waals surface area contributed by atoms with Gasteiger partial charge in [0.05, 0.1) is 6.07 Å². The van der Waals surface area contributed by atoms with E-state index >= 15 is 0 Å². The molecule has 0 heterocycles. The summed E-state index contributed by atoms with van der Waals surface area (Å²) < 4.78 is 1.69. The van der Waals surface area contributed by atoms with E-state index in [2.05, 4.69) is 44.6 Å². The number of hydrogen-bond donors (Lipinski definition) is 0. The lowest BCUT2D eigenvalue weighted by Crippen LogP contribution is -2.13. The predicted molar refractivity (Wildman–Crippen MR) is 90.7 cm³/mol. The van der Waals surface area contributed by atoms with Crippen molar-refractivity contribution < 1.29 is 4.79 Å². The van der Waals surface area contributed by atoms with Crippen LogP contribution in [0.2, 0.25) is 0 Å². The number of hydrogen-bond acceptors (Lipinski definition) is 2. The van der Waals surface area contributed by atoms with E-state index in [1.165, 1.54) is 0 Å². The smallest absolute Gasteiger partial charge is 0.185 e. The van der Waals surface area contributed by atoms with Crippen molar-refractivity contribution in [2.45, 2.75) is 12.8 Å². The number of carbonyl (C=O) groups is 1. The normalized spacial score (nSPS) is 11.7. The number of benzene rings is 2. The Kier molecular flexibility index (Phi) is 4.95. The fourth-order valence-corrected chi connectivity index (χ4v) is 3.11. The molecule has 2 aromatic rings. The van der Waals surface area contributed by atoms with Crippen molar-refractivity contribution in [3.63, 3.8) is 0 Å². The molecule has 0 aliphatic rings. The maximum absolute atomic E-state index is 12.7. The largest absolute Gasteiger partial charge is 0.292 e. The highest BCUT2D eigenvalue weighted by atomic mass is 127. The van der Waals surface area contributed by atoms with Crippen molar-refractivity contribution in [2.75, 3.05) is 0 Å². The molecule has 0 aliphatic carbocycles. The fraction of sp³-hybridized carbons (Fsp3) is 0.125. The van der Waals surface area contributed by atoms with Crippen LogP contribution >= 0.6 is 38.5 Å². The van der Waals surface area contributed by atoms with Crippen molar-refractivity contribution in [1.29, 1.82) is 5.26 Å². The summed E-state index contributed by atoms with van der Waals surface area (Å²) >= 11 is 5.56. The molecule has 20 heavy (non-hydrogen) atoms. The molecular weight excluding hydrogens is 429 g/mol. The Hall–Kier alpha value is -1.19. The monoisotopic (exact) mass is 439 g/mol. The zero-order valence-corrected chi connectivity index (χ0v) is 14.5. The molecule has 0 saturated carbocycles. The standard InChI is InChI=1S/C16H11BrINO/c1-10-5-4-7-12(15(10)18)16(20)13(9-19)11-6-2-3-8-14(11)17/h2-8,13H,1H3. The number of aryl methyl sites for hydroxylation is 1. The molecule has 0 saturated heterocycles. The summed E-state index contributed by atoms with van der Waals surface area (Å²) in [6.07, 6.45) is 0. The van der Waals surface area contributed by atoms with Crippen molar-refractivity contribution in [3.8, 4) is 6.07 Å². The summed E-state index contributed by atoms with van der Waals surface area (Å²) in [7, 11) is 0. The third-order valence-corrected chi connectivity index (χ3v) is 5.22. The van der Waals surface area contributed by atoms with Gasteiger partial charge in [0, 0.05) is 13.6 Å². The van der Waals surface area contributed by atoms with Crippen LogP contribution in [0.3, 0.4) is 0 Å². The first-order valence-corrected chi connectivity index (χ1v) is 7.86. The van der Waals surface area contributed by atoms with Crippen molar-refractivity contribution in [1.82, 2.24) is 0 Å². The summed E-state index contributed by atoms with van der Waals surface area (Å²) in [5, 5.41) is 9.40. The van der Waals surface area contributed by atoms with Crippen LogP contribution in [0.15, 0.2) is 46.9 Å². The molecule has 0 aliphatic heterocycles. The molecule has 2 aromatic carbocycles. The lowest BCUT2D eigenvalue weighted by molar-refractivity contribution is 0.0977. The Labute approximate surface area is 140 Å². The maximum atomic E-state index is 12.7. The van der Waals surface area contributed by atoms with Gasteiger partial charge in [0.15, 0.2) is 5.78 Å². The van der Waals surface area contributed by atoms with E-state index in [0.29, 0.717) is 11.1 Å². The van der Waals surface area contributed by atoms with Gasteiger partial charge < -0.3 is 0 Å². The van der Waals surface area contributed by atoms with Crippen LogP contribution in [0, 0.1) is 21.8 Å². The fourth-order valence-electron chi connectivity index (χ4n) is 1.97. The van der Waals surface area contributed by atoms with E-state index in [1.807, 2.05) is 37.3 Å². The Morgan fingerprint density at radius 2 is 1.95 bits per heavy atom. The van der Waals surface area contributed by atoms with Crippen LogP contribution in [0.5, 0.6) is 0 Å². The number of carbonyl (C=O) groups excluding carboxylic acids is 1. The summed E-state index contributed by atoms with van der Waals surface area (Å²) in [5.41, 5.74) is 2.35. The molecule has 0 radical (unpaired) electrons. The molecule has 1 atom stereocenters. The molecule has 0 aromatic heterocycles. The van der Waals surface area contributed by atoms with E-state index in [9.17, 15) is 10.1 Å². The number of nitrogens with zero attached hydrogens (tertiary/aromatic N) is 1. The second kappa shape index (κ2) is 6.51. The second-order valence-electron chi connectivity index (χ2n) is 4.38. The van der Waals surface area contributed by atoms with E-state index in [0.717, 1.165) is 13.6 Å².